The molecule has 12 heavy (non-hydrogen) atoms. The molecule has 0 amide bonds. The Balaban J connectivity index is 2.96. The van der Waals surface area contributed by atoms with Crippen LogP contribution in [0.5, 0.6) is 0 Å². The fourth-order valence-corrected chi connectivity index (χ4v) is 2.42. The van der Waals surface area contributed by atoms with Crippen LogP contribution >= 0.6 is 15.9 Å². The number of rotatable bonds is 2. The minimum absolute atomic E-state index is 0.180. The number of halogens is 1. The molecule has 1 nitrogen and oxygen atoms in total. The lowest BCUT2D eigenvalue weighted by atomic mass is 10.4. The van der Waals surface area contributed by atoms with Crippen LogP contribution in [0.1, 0.15) is 13.8 Å². The average Bonchev–Trinajstić information content (AvgIpc) is 2.03. The van der Waals surface area contributed by atoms with Gasteiger partial charge in [-0.1, -0.05) is 35.8 Å². The SMILES string of the molecule is CC(C)[S@](=O)c1cccc(Br)c1. The average molecular weight is 247 g/mol. The zero-order valence-corrected chi connectivity index (χ0v) is 9.48. The summed E-state index contributed by atoms with van der Waals surface area (Å²) < 4.78 is 12.6. The van der Waals surface area contributed by atoms with E-state index in [2.05, 4.69) is 15.9 Å². The summed E-state index contributed by atoms with van der Waals surface area (Å²) in [5.41, 5.74) is 0. The largest absolute Gasteiger partial charge is 0.254 e. The molecule has 66 valence electrons. The van der Waals surface area contributed by atoms with Crippen LogP contribution in [0.3, 0.4) is 0 Å². The Morgan fingerprint density at radius 1 is 1.42 bits per heavy atom. The van der Waals surface area contributed by atoms with Gasteiger partial charge in [0.25, 0.3) is 0 Å². The first-order chi connectivity index (χ1) is 5.61. The normalized spacial score (nSPS) is 13.3. The first-order valence-electron chi connectivity index (χ1n) is 3.77. The lowest BCUT2D eigenvalue weighted by Crippen LogP contribution is -2.05. The lowest BCUT2D eigenvalue weighted by molar-refractivity contribution is 0.676. The van der Waals surface area contributed by atoms with Gasteiger partial charge in [0.15, 0.2) is 0 Å². The fraction of sp³-hybridized carbons (Fsp3) is 0.333. The molecule has 0 aliphatic rings. The highest BCUT2D eigenvalue weighted by Crippen LogP contribution is 2.16. The zero-order chi connectivity index (χ0) is 9.14. The van der Waals surface area contributed by atoms with Gasteiger partial charge in [0.1, 0.15) is 0 Å². The molecule has 0 spiro atoms. The van der Waals surface area contributed by atoms with E-state index in [1.165, 1.54) is 0 Å². The van der Waals surface area contributed by atoms with Crippen molar-refractivity contribution >= 4 is 26.7 Å². The van der Waals surface area contributed by atoms with Crippen molar-refractivity contribution in [2.45, 2.75) is 24.0 Å². The Labute approximate surface area is 83.8 Å². The first-order valence-corrected chi connectivity index (χ1v) is 5.78. The maximum atomic E-state index is 11.6. The van der Waals surface area contributed by atoms with E-state index >= 15 is 0 Å². The van der Waals surface area contributed by atoms with Gasteiger partial charge in [-0.2, -0.15) is 0 Å². The highest BCUT2D eigenvalue weighted by atomic mass is 79.9. The Morgan fingerprint density at radius 2 is 2.08 bits per heavy atom. The van der Waals surface area contributed by atoms with Crippen molar-refractivity contribution in [2.75, 3.05) is 0 Å². The molecule has 1 aromatic rings. The van der Waals surface area contributed by atoms with Crippen LogP contribution in [0.2, 0.25) is 0 Å². The van der Waals surface area contributed by atoms with Crippen LogP contribution in [0.25, 0.3) is 0 Å². The molecule has 0 radical (unpaired) electrons. The second-order valence-corrected chi connectivity index (χ2v) is 5.73. The van der Waals surface area contributed by atoms with Gasteiger partial charge in [-0.25, -0.2) is 0 Å². The van der Waals surface area contributed by atoms with Gasteiger partial charge in [-0.15, -0.1) is 0 Å². The van der Waals surface area contributed by atoms with Crippen LogP contribution in [0.4, 0.5) is 0 Å². The highest BCUT2D eigenvalue weighted by Gasteiger charge is 2.07. The minimum atomic E-state index is -0.875. The van der Waals surface area contributed by atoms with Gasteiger partial charge in [-0.3, -0.25) is 4.21 Å². The number of benzene rings is 1. The Morgan fingerprint density at radius 3 is 2.58 bits per heavy atom. The van der Waals surface area contributed by atoms with Crippen molar-refractivity contribution in [1.29, 1.82) is 0 Å². The van der Waals surface area contributed by atoms with Crippen molar-refractivity contribution in [3.63, 3.8) is 0 Å². The smallest absolute Gasteiger partial charge is 0.0555 e. The third-order valence-electron chi connectivity index (χ3n) is 1.46. The monoisotopic (exact) mass is 246 g/mol. The molecular weight excluding hydrogens is 236 g/mol. The molecule has 0 aromatic heterocycles. The first kappa shape index (κ1) is 9.93. The number of hydrogen-bond acceptors (Lipinski definition) is 1. The summed E-state index contributed by atoms with van der Waals surface area (Å²) in [5.74, 6) is 0. The summed E-state index contributed by atoms with van der Waals surface area (Å²) >= 11 is 3.35. The van der Waals surface area contributed by atoms with Gasteiger partial charge >= 0.3 is 0 Å². The Hall–Kier alpha value is -0.150. The molecule has 0 bridgehead atoms. The van der Waals surface area contributed by atoms with Crippen LogP contribution in [-0.2, 0) is 10.8 Å². The van der Waals surface area contributed by atoms with Gasteiger partial charge in [0, 0.05) is 14.6 Å². The summed E-state index contributed by atoms with van der Waals surface area (Å²) in [6.07, 6.45) is 0. The van der Waals surface area contributed by atoms with Crippen LogP contribution in [0, 0.1) is 0 Å². The topological polar surface area (TPSA) is 17.1 Å². The standard InChI is InChI=1S/C9H11BrOS/c1-7(2)12(11)9-5-3-4-8(10)6-9/h3-7H,1-2H3/t12-/m0/s1. The van der Waals surface area contributed by atoms with E-state index in [0.29, 0.717) is 0 Å². The third kappa shape index (κ3) is 2.42. The van der Waals surface area contributed by atoms with E-state index in [-0.39, 0.29) is 5.25 Å². The molecule has 0 aliphatic heterocycles. The van der Waals surface area contributed by atoms with E-state index < -0.39 is 10.8 Å². The molecule has 3 heteroatoms. The lowest BCUT2D eigenvalue weighted by Gasteiger charge is -2.04. The molecule has 0 N–H and O–H groups in total. The van der Waals surface area contributed by atoms with Gasteiger partial charge in [0.05, 0.1) is 10.8 Å². The maximum Gasteiger partial charge on any atom is 0.0555 e. The van der Waals surface area contributed by atoms with Gasteiger partial charge in [-0.05, 0) is 18.2 Å². The molecule has 0 saturated carbocycles. The van der Waals surface area contributed by atoms with Crippen molar-refractivity contribution in [1.82, 2.24) is 0 Å². The predicted octanol–water partition coefficient (Wildman–Crippen LogP) is 2.97. The van der Waals surface area contributed by atoms with E-state index in [0.717, 1.165) is 9.37 Å². The second-order valence-electron chi connectivity index (χ2n) is 2.80. The second kappa shape index (κ2) is 4.19. The summed E-state index contributed by atoms with van der Waals surface area (Å²) in [5, 5.41) is 0.180. The van der Waals surface area contributed by atoms with E-state index in [9.17, 15) is 4.21 Å². The van der Waals surface area contributed by atoms with Crippen LogP contribution in [-0.4, -0.2) is 9.46 Å². The Kier molecular flexibility index (Phi) is 3.47. The molecule has 1 atom stereocenters. The fourth-order valence-electron chi connectivity index (χ4n) is 0.864. The van der Waals surface area contributed by atoms with Crippen LogP contribution in [0.15, 0.2) is 33.6 Å². The molecule has 0 fully saturated rings. The summed E-state index contributed by atoms with van der Waals surface area (Å²) in [7, 11) is -0.875. The third-order valence-corrected chi connectivity index (χ3v) is 3.52. The van der Waals surface area contributed by atoms with E-state index in [1.807, 2.05) is 38.1 Å². The maximum absolute atomic E-state index is 11.6. The van der Waals surface area contributed by atoms with Crippen molar-refractivity contribution in [3.8, 4) is 0 Å². The molecule has 0 aliphatic carbocycles. The molecule has 1 rings (SSSR count). The summed E-state index contributed by atoms with van der Waals surface area (Å²) in [6.45, 7) is 3.91. The van der Waals surface area contributed by atoms with Gasteiger partial charge in [0.2, 0.25) is 0 Å². The molecule has 0 heterocycles. The summed E-state index contributed by atoms with van der Waals surface area (Å²) in [4.78, 5) is 0.888. The quantitative estimate of drug-likeness (QED) is 0.785. The van der Waals surface area contributed by atoms with Crippen molar-refractivity contribution < 1.29 is 4.21 Å². The van der Waals surface area contributed by atoms with E-state index in [1.54, 1.807) is 0 Å². The zero-order valence-electron chi connectivity index (χ0n) is 7.08. The molecule has 0 unspecified atom stereocenters. The molecule has 0 saturated heterocycles. The Bertz CT molecular complexity index is 296. The van der Waals surface area contributed by atoms with Crippen LogP contribution < -0.4 is 0 Å². The van der Waals surface area contributed by atoms with Crippen molar-refractivity contribution in [2.24, 2.45) is 0 Å². The molecular formula is C9H11BrOS. The highest BCUT2D eigenvalue weighted by molar-refractivity contribution is 9.10. The van der Waals surface area contributed by atoms with E-state index in [4.69, 9.17) is 0 Å². The number of hydrogen-bond donors (Lipinski definition) is 0. The van der Waals surface area contributed by atoms with Crippen molar-refractivity contribution in [3.05, 3.63) is 28.7 Å². The van der Waals surface area contributed by atoms with Gasteiger partial charge < -0.3 is 0 Å². The molecule has 1 aromatic carbocycles. The predicted molar refractivity (Wildman–Crippen MR) is 55.7 cm³/mol. The summed E-state index contributed by atoms with van der Waals surface area (Å²) in [6, 6.07) is 7.62. The minimum Gasteiger partial charge on any atom is -0.254 e.